The van der Waals surface area contributed by atoms with Crippen molar-refractivity contribution < 1.29 is 22.7 Å². The molecule has 1 aliphatic heterocycles. The molecule has 2 atom stereocenters. The van der Waals surface area contributed by atoms with Gasteiger partial charge in [0.05, 0.1) is 34.3 Å². The van der Waals surface area contributed by atoms with Crippen molar-refractivity contribution >= 4 is 16.0 Å². The molecule has 7 nitrogen and oxygen atoms in total. The maximum absolute atomic E-state index is 13.0. The SMILES string of the molecule is CC1CN(S(=O)(=O)c2cccc(C(=O)OCc3ccccc3C#N)c2)CC(C)O1. The normalized spacial score (nSPS) is 20.0. The maximum Gasteiger partial charge on any atom is 0.338 e. The molecule has 152 valence electrons. The summed E-state index contributed by atoms with van der Waals surface area (Å²) in [7, 11) is -3.76. The molecule has 0 N–H and O–H groups in total. The lowest BCUT2D eigenvalue weighted by Crippen LogP contribution is -2.48. The van der Waals surface area contributed by atoms with Crippen LogP contribution in [0.2, 0.25) is 0 Å². The molecule has 2 unspecified atom stereocenters. The van der Waals surface area contributed by atoms with Crippen LogP contribution in [0.4, 0.5) is 0 Å². The number of esters is 1. The van der Waals surface area contributed by atoms with E-state index in [-0.39, 0.29) is 42.4 Å². The summed E-state index contributed by atoms with van der Waals surface area (Å²) in [6, 6.07) is 14.7. The van der Waals surface area contributed by atoms with Gasteiger partial charge < -0.3 is 9.47 Å². The molecule has 2 aromatic carbocycles. The van der Waals surface area contributed by atoms with E-state index in [1.165, 1.54) is 28.6 Å². The molecule has 0 amide bonds. The van der Waals surface area contributed by atoms with Crippen molar-refractivity contribution in [1.29, 1.82) is 5.26 Å². The minimum atomic E-state index is -3.76. The third kappa shape index (κ3) is 4.82. The number of carbonyl (C=O) groups is 1. The van der Waals surface area contributed by atoms with Gasteiger partial charge in [0.15, 0.2) is 0 Å². The predicted octanol–water partition coefficient (Wildman–Crippen LogP) is 2.71. The molecule has 0 aliphatic carbocycles. The summed E-state index contributed by atoms with van der Waals surface area (Å²) in [5.41, 5.74) is 1.14. The molecule has 0 bridgehead atoms. The van der Waals surface area contributed by atoms with Gasteiger partial charge >= 0.3 is 5.97 Å². The van der Waals surface area contributed by atoms with Crippen LogP contribution in [0, 0.1) is 11.3 Å². The molecule has 2 aromatic rings. The molecular weight excluding hydrogens is 392 g/mol. The predicted molar refractivity (Wildman–Crippen MR) is 105 cm³/mol. The highest BCUT2D eigenvalue weighted by Gasteiger charge is 2.32. The maximum atomic E-state index is 13.0. The van der Waals surface area contributed by atoms with Crippen molar-refractivity contribution in [3.05, 3.63) is 65.2 Å². The van der Waals surface area contributed by atoms with Gasteiger partial charge in [-0.2, -0.15) is 9.57 Å². The summed E-state index contributed by atoms with van der Waals surface area (Å²) < 4.78 is 38.3. The first-order chi connectivity index (χ1) is 13.8. The zero-order chi connectivity index (χ0) is 21.0. The number of morpholine rings is 1. The average molecular weight is 414 g/mol. The third-order valence-corrected chi connectivity index (χ3v) is 6.42. The number of rotatable bonds is 5. The molecule has 29 heavy (non-hydrogen) atoms. The van der Waals surface area contributed by atoms with Gasteiger partial charge in [-0.05, 0) is 38.1 Å². The summed E-state index contributed by atoms with van der Waals surface area (Å²) >= 11 is 0. The number of benzene rings is 2. The van der Waals surface area contributed by atoms with E-state index in [0.717, 1.165) is 0 Å². The Balaban J connectivity index is 1.76. The number of carbonyl (C=O) groups excluding carboxylic acids is 1. The van der Waals surface area contributed by atoms with Crippen LogP contribution in [0.25, 0.3) is 0 Å². The smallest absolute Gasteiger partial charge is 0.338 e. The standard InChI is InChI=1S/C21H22N2O5S/c1-15-12-23(13-16(2)28-15)29(25,26)20-9-5-8-17(10-20)21(24)27-14-19-7-4-3-6-18(19)11-22/h3-10,15-16H,12-14H2,1-2H3. The quantitative estimate of drug-likeness (QED) is 0.698. The second kappa shape index (κ2) is 8.74. The largest absolute Gasteiger partial charge is 0.457 e. The molecule has 8 heteroatoms. The van der Waals surface area contributed by atoms with Gasteiger partial charge in [-0.1, -0.05) is 24.3 Å². The summed E-state index contributed by atoms with van der Waals surface area (Å²) in [6.07, 6.45) is -0.413. The minimum absolute atomic E-state index is 0.0330. The van der Waals surface area contributed by atoms with E-state index in [4.69, 9.17) is 14.7 Å². The Hall–Kier alpha value is -2.73. The molecule has 3 rings (SSSR count). The highest BCUT2D eigenvalue weighted by Crippen LogP contribution is 2.22. The molecule has 0 aromatic heterocycles. The summed E-state index contributed by atoms with van der Waals surface area (Å²) in [5.74, 6) is -0.654. The Kier molecular flexibility index (Phi) is 6.33. The van der Waals surface area contributed by atoms with E-state index >= 15 is 0 Å². The number of nitriles is 1. The fourth-order valence-electron chi connectivity index (χ4n) is 3.24. The number of hydrogen-bond donors (Lipinski definition) is 0. The van der Waals surface area contributed by atoms with E-state index < -0.39 is 16.0 Å². The molecule has 0 radical (unpaired) electrons. The Morgan fingerprint density at radius 2 is 1.86 bits per heavy atom. The van der Waals surface area contributed by atoms with E-state index in [1.807, 2.05) is 19.9 Å². The van der Waals surface area contributed by atoms with Crippen LogP contribution in [0.1, 0.15) is 35.3 Å². The van der Waals surface area contributed by atoms with Gasteiger partial charge in [-0.3, -0.25) is 0 Å². The lowest BCUT2D eigenvalue weighted by Gasteiger charge is -2.34. The number of nitrogens with zero attached hydrogens (tertiary/aromatic N) is 2. The summed E-state index contributed by atoms with van der Waals surface area (Å²) in [5, 5.41) is 9.12. The minimum Gasteiger partial charge on any atom is -0.457 e. The highest BCUT2D eigenvalue weighted by atomic mass is 32.2. The van der Waals surface area contributed by atoms with Gasteiger partial charge in [0.2, 0.25) is 10.0 Å². The number of sulfonamides is 1. The van der Waals surface area contributed by atoms with Crippen molar-refractivity contribution in [3.8, 4) is 6.07 Å². The molecule has 1 heterocycles. The zero-order valence-corrected chi connectivity index (χ0v) is 17.1. The van der Waals surface area contributed by atoms with Crippen molar-refractivity contribution in [2.24, 2.45) is 0 Å². The van der Waals surface area contributed by atoms with Crippen LogP contribution >= 0.6 is 0 Å². The lowest BCUT2D eigenvalue weighted by molar-refractivity contribution is -0.0440. The van der Waals surface area contributed by atoms with Crippen molar-refractivity contribution in [2.45, 2.75) is 37.6 Å². The van der Waals surface area contributed by atoms with Crippen LogP contribution in [0.3, 0.4) is 0 Å². The molecule has 1 aliphatic rings. The van der Waals surface area contributed by atoms with Crippen molar-refractivity contribution in [1.82, 2.24) is 4.31 Å². The summed E-state index contributed by atoms with van der Waals surface area (Å²) in [4.78, 5) is 12.5. The van der Waals surface area contributed by atoms with Crippen molar-refractivity contribution in [3.63, 3.8) is 0 Å². The van der Waals surface area contributed by atoms with E-state index in [0.29, 0.717) is 11.1 Å². The molecule has 0 saturated carbocycles. The van der Waals surface area contributed by atoms with E-state index in [9.17, 15) is 13.2 Å². The van der Waals surface area contributed by atoms with Gasteiger partial charge in [0, 0.05) is 18.7 Å². The molecule has 1 saturated heterocycles. The van der Waals surface area contributed by atoms with Crippen LogP contribution in [0.5, 0.6) is 0 Å². The van der Waals surface area contributed by atoms with Gasteiger partial charge in [0.1, 0.15) is 6.61 Å². The Morgan fingerprint density at radius 1 is 1.17 bits per heavy atom. The van der Waals surface area contributed by atoms with E-state index in [1.54, 1.807) is 24.3 Å². The number of hydrogen-bond acceptors (Lipinski definition) is 6. The Labute approximate surface area is 170 Å². The Morgan fingerprint density at radius 3 is 2.55 bits per heavy atom. The first-order valence-electron chi connectivity index (χ1n) is 9.22. The average Bonchev–Trinajstić information content (AvgIpc) is 2.71. The second-order valence-corrected chi connectivity index (χ2v) is 8.89. The fourth-order valence-corrected chi connectivity index (χ4v) is 4.88. The van der Waals surface area contributed by atoms with Crippen molar-refractivity contribution in [2.75, 3.05) is 13.1 Å². The van der Waals surface area contributed by atoms with Crippen LogP contribution in [0.15, 0.2) is 53.4 Å². The zero-order valence-electron chi connectivity index (χ0n) is 16.2. The summed E-state index contributed by atoms with van der Waals surface area (Å²) in [6.45, 7) is 4.09. The lowest BCUT2D eigenvalue weighted by atomic mass is 10.1. The molecular formula is C21H22N2O5S. The monoisotopic (exact) mass is 414 g/mol. The molecule has 1 fully saturated rings. The van der Waals surface area contributed by atoms with Crippen LogP contribution in [-0.2, 0) is 26.1 Å². The third-order valence-electron chi connectivity index (χ3n) is 4.59. The van der Waals surface area contributed by atoms with Crippen LogP contribution < -0.4 is 0 Å². The first-order valence-corrected chi connectivity index (χ1v) is 10.7. The number of ether oxygens (including phenoxy) is 2. The molecule has 0 spiro atoms. The van der Waals surface area contributed by atoms with Crippen LogP contribution in [-0.4, -0.2) is 44.0 Å². The fraction of sp³-hybridized carbons (Fsp3) is 0.333. The first kappa shape index (κ1) is 21.0. The Bertz CT molecular complexity index is 1040. The van der Waals surface area contributed by atoms with E-state index in [2.05, 4.69) is 0 Å². The van der Waals surface area contributed by atoms with Gasteiger partial charge in [0.25, 0.3) is 0 Å². The van der Waals surface area contributed by atoms with Gasteiger partial charge in [-0.15, -0.1) is 0 Å². The topological polar surface area (TPSA) is 96.7 Å². The highest BCUT2D eigenvalue weighted by molar-refractivity contribution is 7.89. The second-order valence-electron chi connectivity index (χ2n) is 6.95. The van der Waals surface area contributed by atoms with Gasteiger partial charge in [-0.25, -0.2) is 13.2 Å².